The first-order valence-electron chi connectivity index (χ1n) is 7.93. The quantitative estimate of drug-likeness (QED) is 0.176. The molecule has 12 heteroatoms. The molecule has 0 bridgehead atoms. The van der Waals surface area contributed by atoms with Crippen molar-refractivity contribution >= 4 is 11.9 Å². The first-order valence-corrected chi connectivity index (χ1v) is 7.93. The van der Waals surface area contributed by atoms with Crippen LogP contribution in [0.2, 0.25) is 0 Å². The standard InChI is InChI=1S/C14H22N7O4.HI/c1-21(2,11-3-7-17-9-5-15-13(17)19(22)23)12-4-8-18-10-6-16-14(18)20(24)25;/h5-6,9-10H,3-4,7-8,11-12H2,1-2H3;1H/q+1;/p-1. The average molecular weight is 479 g/mol. The van der Waals surface area contributed by atoms with Crippen LogP contribution in [0.4, 0.5) is 11.9 Å². The molecule has 0 spiro atoms. The van der Waals surface area contributed by atoms with Crippen molar-refractivity contribution in [3.8, 4) is 0 Å². The third kappa shape index (κ3) is 6.01. The highest BCUT2D eigenvalue weighted by molar-refractivity contribution is 5.06. The van der Waals surface area contributed by atoms with Gasteiger partial charge in [0.15, 0.2) is 0 Å². The molecule has 0 N–H and O–H groups in total. The molecule has 0 aliphatic carbocycles. The summed E-state index contributed by atoms with van der Waals surface area (Å²) >= 11 is 0. The van der Waals surface area contributed by atoms with E-state index in [0.717, 1.165) is 30.4 Å². The molecule has 2 heterocycles. The topological polar surface area (TPSA) is 122 Å². The molecule has 2 rings (SSSR count). The van der Waals surface area contributed by atoms with Crippen LogP contribution in [-0.4, -0.2) is 60.6 Å². The fourth-order valence-electron chi connectivity index (χ4n) is 2.75. The maximum Gasteiger partial charge on any atom is 0.434 e. The largest absolute Gasteiger partial charge is 1.00 e. The first-order chi connectivity index (χ1) is 11.8. The summed E-state index contributed by atoms with van der Waals surface area (Å²) in [5, 5.41) is 21.7. The number of rotatable bonds is 10. The van der Waals surface area contributed by atoms with Crippen molar-refractivity contribution in [3.05, 3.63) is 45.0 Å². The van der Waals surface area contributed by atoms with E-state index in [0.29, 0.717) is 13.1 Å². The van der Waals surface area contributed by atoms with E-state index >= 15 is 0 Å². The van der Waals surface area contributed by atoms with Crippen molar-refractivity contribution in [2.75, 3.05) is 27.2 Å². The number of hydrogen-bond acceptors (Lipinski definition) is 6. The molecule has 0 saturated heterocycles. The molecule has 0 unspecified atom stereocenters. The molecule has 0 radical (unpaired) electrons. The van der Waals surface area contributed by atoms with Gasteiger partial charge in [-0.05, 0) is 9.85 Å². The van der Waals surface area contributed by atoms with Crippen molar-refractivity contribution in [1.82, 2.24) is 19.1 Å². The Kier molecular flexibility index (Phi) is 8.08. The second-order valence-corrected chi connectivity index (χ2v) is 6.45. The minimum absolute atomic E-state index is 0. The van der Waals surface area contributed by atoms with Crippen molar-refractivity contribution in [2.45, 2.75) is 25.9 Å². The molecule has 0 atom stereocenters. The van der Waals surface area contributed by atoms with Crippen LogP contribution >= 0.6 is 0 Å². The van der Waals surface area contributed by atoms with Gasteiger partial charge in [0.05, 0.1) is 40.3 Å². The lowest BCUT2D eigenvalue weighted by atomic mass is 10.3. The van der Waals surface area contributed by atoms with Crippen LogP contribution in [0.5, 0.6) is 0 Å². The van der Waals surface area contributed by atoms with E-state index < -0.39 is 9.85 Å². The highest BCUT2D eigenvalue weighted by atomic mass is 127. The van der Waals surface area contributed by atoms with Crippen LogP contribution in [0.25, 0.3) is 0 Å². The lowest BCUT2D eigenvalue weighted by Gasteiger charge is -2.29. The minimum atomic E-state index is -0.488. The van der Waals surface area contributed by atoms with E-state index in [4.69, 9.17) is 0 Å². The number of nitro groups is 2. The van der Waals surface area contributed by atoms with Crippen LogP contribution in [0, 0.1) is 20.2 Å². The second kappa shape index (κ2) is 9.56. The van der Waals surface area contributed by atoms with Gasteiger partial charge in [-0.3, -0.25) is 0 Å². The van der Waals surface area contributed by atoms with Gasteiger partial charge in [-0.1, -0.05) is 9.97 Å². The van der Waals surface area contributed by atoms with Crippen molar-refractivity contribution in [3.63, 3.8) is 0 Å². The van der Waals surface area contributed by atoms with Gasteiger partial charge in [0, 0.05) is 12.8 Å². The zero-order chi connectivity index (χ0) is 18.4. The van der Waals surface area contributed by atoms with Gasteiger partial charge in [0.1, 0.15) is 24.8 Å². The summed E-state index contributed by atoms with van der Waals surface area (Å²) in [5.41, 5.74) is 0. The van der Waals surface area contributed by atoms with Crippen molar-refractivity contribution in [2.24, 2.45) is 0 Å². The number of nitrogens with zero attached hydrogens (tertiary/aromatic N) is 7. The summed E-state index contributed by atoms with van der Waals surface area (Å²) in [6.45, 7) is 2.73. The number of aromatic nitrogens is 4. The zero-order valence-corrected chi connectivity index (χ0v) is 16.9. The summed E-state index contributed by atoms with van der Waals surface area (Å²) in [5.74, 6) is -0.282. The van der Waals surface area contributed by atoms with Crippen LogP contribution in [-0.2, 0) is 13.1 Å². The summed E-state index contributed by atoms with van der Waals surface area (Å²) in [4.78, 5) is 28.1. The Morgan fingerprint density at radius 2 is 1.31 bits per heavy atom. The maximum absolute atomic E-state index is 10.8. The summed E-state index contributed by atoms with van der Waals surface area (Å²) in [6.07, 6.45) is 7.61. The van der Waals surface area contributed by atoms with Gasteiger partial charge in [0.2, 0.25) is 0 Å². The molecule has 2 aromatic rings. The SMILES string of the molecule is C[N+](C)(CCCn1ccnc1[N+](=O)[O-])CCCn1ccnc1[N+](=O)[O-].[I-]. The third-order valence-corrected chi connectivity index (χ3v) is 4.04. The fourth-order valence-corrected chi connectivity index (χ4v) is 2.75. The molecule has 0 aliphatic rings. The molecular formula is C14H22IN7O4. The molecule has 144 valence electrons. The molecule has 11 nitrogen and oxygen atoms in total. The van der Waals surface area contributed by atoms with E-state index in [-0.39, 0.29) is 35.9 Å². The molecule has 0 aliphatic heterocycles. The maximum atomic E-state index is 10.8. The Morgan fingerprint density at radius 1 is 0.923 bits per heavy atom. The van der Waals surface area contributed by atoms with Crippen molar-refractivity contribution < 1.29 is 38.3 Å². The molecule has 0 fully saturated rings. The first kappa shape index (κ1) is 22.0. The molecule has 26 heavy (non-hydrogen) atoms. The van der Waals surface area contributed by atoms with E-state index in [1.54, 1.807) is 12.4 Å². The zero-order valence-electron chi connectivity index (χ0n) is 14.7. The van der Waals surface area contributed by atoms with E-state index in [1.807, 2.05) is 0 Å². The van der Waals surface area contributed by atoms with Gasteiger partial charge in [-0.15, -0.1) is 0 Å². The number of aryl methyl sites for hydroxylation is 2. The number of quaternary nitrogens is 1. The Balaban J connectivity index is 0.00000338. The van der Waals surface area contributed by atoms with Gasteiger partial charge >= 0.3 is 11.9 Å². The number of halogens is 1. The van der Waals surface area contributed by atoms with Crippen LogP contribution < -0.4 is 24.0 Å². The molecule has 2 aromatic heterocycles. The van der Waals surface area contributed by atoms with Crippen LogP contribution in [0.1, 0.15) is 12.8 Å². The predicted molar refractivity (Wildman–Crippen MR) is 88.8 cm³/mol. The normalized spacial score (nSPS) is 11.2. The molecule has 0 saturated carbocycles. The van der Waals surface area contributed by atoms with E-state index in [9.17, 15) is 20.2 Å². The Bertz CT molecular complexity index is 683. The van der Waals surface area contributed by atoms with Crippen LogP contribution in [0.3, 0.4) is 0 Å². The lowest BCUT2D eigenvalue weighted by Crippen LogP contribution is -3.00. The second-order valence-electron chi connectivity index (χ2n) is 6.45. The lowest BCUT2D eigenvalue weighted by molar-refractivity contribution is -0.890. The number of imidazole rings is 2. The highest BCUT2D eigenvalue weighted by Crippen LogP contribution is 2.12. The summed E-state index contributed by atoms with van der Waals surface area (Å²) in [6, 6.07) is 0. The highest BCUT2D eigenvalue weighted by Gasteiger charge is 2.19. The van der Waals surface area contributed by atoms with Gasteiger partial charge in [0.25, 0.3) is 0 Å². The molecule has 0 amide bonds. The smallest absolute Gasteiger partial charge is 0.434 e. The van der Waals surface area contributed by atoms with Gasteiger partial charge in [-0.2, -0.15) is 0 Å². The Hall–Kier alpha value is -2.09. The predicted octanol–water partition coefficient (Wildman–Crippen LogP) is -1.54. The summed E-state index contributed by atoms with van der Waals surface area (Å²) in [7, 11) is 4.15. The van der Waals surface area contributed by atoms with E-state index in [2.05, 4.69) is 24.1 Å². The summed E-state index contributed by atoms with van der Waals surface area (Å²) < 4.78 is 3.80. The van der Waals surface area contributed by atoms with Crippen molar-refractivity contribution in [1.29, 1.82) is 0 Å². The monoisotopic (exact) mass is 479 g/mol. The fraction of sp³-hybridized carbons (Fsp3) is 0.571. The van der Waals surface area contributed by atoms with Gasteiger partial charge < -0.3 is 48.7 Å². The number of hydrogen-bond donors (Lipinski definition) is 0. The Morgan fingerprint density at radius 3 is 1.65 bits per heavy atom. The van der Waals surface area contributed by atoms with Gasteiger partial charge in [-0.25, -0.2) is 9.13 Å². The average Bonchev–Trinajstić information content (AvgIpc) is 3.15. The van der Waals surface area contributed by atoms with Crippen LogP contribution in [0.15, 0.2) is 24.8 Å². The molecular weight excluding hydrogens is 457 g/mol. The molecule has 0 aromatic carbocycles. The Labute approximate surface area is 167 Å². The third-order valence-electron chi connectivity index (χ3n) is 4.04. The minimum Gasteiger partial charge on any atom is -1.00 e. The van der Waals surface area contributed by atoms with E-state index in [1.165, 1.54) is 21.5 Å².